The fourth-order valence-corrected chi connectivity index (χ4v) is 2.84. The normalized spacial score (nSPS) is 16.2. The van der Waals surface area contributed by atoms with Gasteiger partial charge in [-0.15, -0.1) is 0 Å². The number of H-pyrrole nitrogens is 1. The van der Waals surface area contributed by atoms with E-state index in [4.69, 9.17) is 5.73 Å². The van der Waals surface area contributed by atoms with E-state index < -0.39 is 0 Å². The number of nitrogen functional groups attached to an aromatic ring is 1. The minimum absolute atomic E-state index is 0.557. The topological polar surface area (TPSA) is 67.6 Å². The highest BCUT2D eigenvalue weighted by atomic mass is 15.2. The molecule has 3 rings (SSSR count). The van der Waals surface area contributed by atoms with Crippen LogP contribution in [0.4, 0.5) is 5.82 Å². The van der Waals surface area contributed by atoms with Gasteiger partial charge in [-0.3, -0.25) is 10.1 Å². The first-order valence-corrected chi connectivity index (χ1v) is 6.58. The molecule has 2 heterocycles. The predicted octanol–water partition coefficient (Wildman–Crippen LogP) is 2.79. The smallest absolute Gasteiger partial charge is 0.154 e. The maximum absolute atomic E-state index is 5.97. The van der Waals surface area contributed by atoms with Crippen LogP contribution in [0, 0.1) is 5.92 Å². The van der Waals surface area contributed by atoms with Crippen molar-refractivity contribution in [1.29, 1.82) is 0 Å². The number of hydrogen-bond donors (Lipinski definition) is 2. The van der Waals surface area contributed by atoms with Crippen LogP contribution in [0.3, 0.4) is 0 Å². The number of aromatic nitrogens is 3. The lowest BCUT2D eigenvalue weighted by Gasteiger charge is -2.09. The minimum atomic E-state index is 0.557. The summed E-state index contributed by atoms with van der Waals surface area (Å²) in [6, 6.07) is 5.88. The maximum atomic E-state index is 5.97. The Kier molecular flexibility index (Phi) is 3.00. The van der Waals surface area contributed by atoms with E-state index in [2.05, 4.69) is 15.2 Å². The summed E-state index contributed by atoms with van der Waals surface area (Å²) in [6.45, 7) is 0. The second-order valence-electron chi connectivity index (χ2n) is 5.03. The Bertz CT molecular complexity index is 512. The van der Waals surface area contributed by atoms with Gasteiger partial charge < -0.3 is 5.73 Å². The van der Waals surface area contributed by atoms with E-state index >= 15 is 0 Å². The van der Waals surface area contributed by atoms with E-state index in [0.717, 1.165) is 29.3 Å². The Morgan fingerprint density at radius 3 is 2.83 bits per heavy atom. The van der Waals surface area contributed by atoms with Gasteiger partial charge in [0, 0.05) is 11.9 Å². The van der Waals surface area contributed by atoms with Crippen LogP contribution in [0.25, 0.3) is 11.3 Å². The van der Waals surface area contributed by atoms with E-state index in [-0.39, 0.29) is 0 Å². The van der Waals surface area contributed by atoms with Crippen molar-refractivity contribution in [2.45, 2.75) is 32.1 Å². The molecule has 1 aliphatic rings. The highest BCUT2D eigenvalue weighted by molar-refractivity contribution is 5.73. The van der Waals surface area contributed by atoms with Crippen molar-refractivity contribution < 1.29 is 0 Å². The Labute approximate surface area is 107 Å². The Balaban J connectivity index is 1.91. The van der Waals surface area contributed by atoms with Crippen LogP contribution >= 0.6 is 0 Å². The summed E-state index contributed by atoms with van der Waals surface area (Å²) < 4.78 is 0. The molecule has 0 aromatic carbocycles. The van der Waals surface area contributed by atoms with Gasteiger partial charge in [-0.2, -0.15) is 5.10 Å². The molecule has 3 N–H and O–H groups in total. The van der Waals surface area contributed by atoms with Crippen LogP contribution in [0.1, 0.15) is 31.4 Å². The van der Waals surface area contributed by atoms with E-state index in [0.29, 0.717) is 5.82 Å². The summed E-state index contributed by atoms with van der Waals surface area (Å²) in [5.74, 6) is 1.33. The van der Waals surface area contributed by atoms with E-state index in [1.54, 1.807) is 6.20 Å². The maximum Gasteiger partial charge on any atom is 0.154 e. The number of nitrogens with two attached hydrogens (primary N) is 1. The molecule has 1 aliphatic carbocycles. The molecule has 0 bridgehead atoms. The van der Waals surface area contributed by atoms with Crippen molar-refractivity contribution in [1.82, 2.24) is 15.2 Å². The van der Waals surface area contributed by atoms with Gasteiger partial charge in [0.25, 0.3) is 0 Å². The van der Waals surface area contributed by atoms with Gasteiger partial charge in [0.05, 0.1) is 11.3 Å². The molecule has 4 nitrogen and oxygen atoms in total. The lowest BCUT2D eigenvalue weighted by Crippen LogP contribution is -2.01. The highest BCUT2D eigenvalue weighted by Crippen LogP contribution is 2.32. The zero-order valence-corrected chi connectivity index (χ0v) is 10.4. The third-order valence-corrected chi connectivity index (χ3v) is 3.76. The van der Waals surface area contributed by atoms with Crippen LogP contribution in [0.5, 0.6) is 0 Å². The lowest BCUT2D eigenvalue weighted by atomic mass is 9.98. The number of pyridine rings is 1. The Hall–Kier alpha value is -1.84. The molecular weight excluding hydrogens is 224 g/mol. The molecule has 4 heteroatoms. The van der Waals surface area contributed by atoms with Crippen LogP contribution in [0.2, 0.25) is 0 Å². The number of anilines is 1. The Morgan fingerprint density at radius 2 is 2.11 bits per heavy atom. The average Bonchev–Trinajstić information content (AvgIpc) is 3.02. The van der Waals surface area contributed by atoms with Crippen LogP contribution < -0.4 is 5.73 Å². The fourth-order valence-electron chi connectivity index (χ4n) is 2.84. The highest BCUT2D eigenvalue weighted by Gasteiger charge is 2.20. The number of nitrogens with zero attached hydrogens (tertiary/aromatic N) is 2. The van der Waals surface area contributed by atoms with Crippen LogP contribution in [-0.4, -0.2) is 15.2 Å². The summed E-state index contributed by atoms with van der Waals surface area (Å²) in [7, 11) is 0. The standard InChI is InChI=1S/C14H18N4/c15-14-13(11-7-3-4-8-16-11)12(17-18-14)9-10-5-1-2-6-10/h3-4,7-8,10H,1-2,5-6,9H2,(H3,15,17,18). The molecule has 18 heavy (non-hydrogen) atoms. The molecule has 0 aliphatic heterocycles. The van der Waals surface area contributed by atoms with Crippen molar-refractivity contribution in [3.05, 3.63) is 30.1 Å². The minimum Gasteiger partial charge on any atom is -0.382 e. The van der Waals surface area contributed by atoms with Gasteiger partial charge >= 0.3 is 0 Å². The molecule has 0 unspecified atom stereocenters. The molecule has 0 spiro atoms. The third-order valence-electron chi connectivity index (χ3n) is 3.76. The summed E-state index contributed by atoms with van der Waals surface area (Å²) >= 11 is 0. The number of aromatic amines is 1. The van der Waals surface area contributed by atoms with Gasteiger partial charge in [-0.05, 0) is 24.5 Å². The van der Waals surface area contributed by atoms with Gasteiger partial charge in [-0.25, -0.2) is 0 Å². The van der Waals surface area contributed by atoms with Gasteiger partial charge in [0.15, 0.2) is 5.82 Å². The molecule has 94 valence electrons. The van der Waals surface area contributed by atoms with Gasteiger partial charge in [-0.1, -0.05) is 31.7 Å². The second kappa shape index (κ2) is 4.80. The predicted molar refractivity (Wildman–Crippen MR) is 71.9 cm³/mol. The monoisotopic (exact) mass is 242 g/mol. The lowest BCUT2D eigenvalue weighted by molar-refractivity contribution is 0.539. The average molecular weight is 242 g/mol. The van der Waals surface area contributed by atoms with Crippen molar-refractivity contribution in [2.75, 3.05) is 5.73 Å². The molecule has 0 amide bonds. The third kappa shape index (κ3) is 2.10. The molecule has 0 atom stereocenters. The first-order chi connectivity index (χ1) is 8.84. The molecule has 2 aromatic heterocycles. The van der Waals surface area contributed by atoms with Gasteiger partial charge in [0.2, 0.25) is 0 Å². The van der Waals surface area contributed by atoms with E-state index in [1.807, 2.05) is 18.2 Å². The second-order valence-corrected chi connectivity index (χ2v) is 5.03. The number of rotatable bonds is 3. The van der Waals surface area contributed by atoms with E-state index in [1.165, 1.54) is 25.7 Å². The Morgan fingerprint density at radius 1 is 1.28 bits per heavy atom. The summed E-state index contributed by atoms with van der Waals surface area (Å²) in [5.41, 5.74) is 9.00. The molecule has 0 saturated heterocycles. The van der Waals surface area contributed by atoms with Crippen molar-refractivity contribution >= 4 is 5.82 Å². The quantitative estimate of drug-likeness (QED) is 0.869. The summed E-state index contributed by atoms with van der Waals surface area (Å²) in [5, 5.41) is 7.23. The van der Waals surface area contributed by atoms with Crippen molar-refractivity contribution in [3.63, 3.8) is 0 Å². The molecular formula is C14H18N4. The van der Waals surface area contributed by atoms with Crippen molar-refractivity contribution in [2.24, 2.45) is 5.92 Å². The zero-order chi connectivity index (χ0) is 12.4. The molecule has 0 radical (unpaired) electrons. The van der Waals surface area contributed by atoms with E-state index in [9.17, 15) is 0 Å². The molecule has 1 fully saturated rings. The SMILES string of the molecule is Nc1n[nH]c(CC2CCCC2)c1-c1ccccn1. The number of hydrogen-bond acceptors (Lipinski definition) is 3. The van der Waals surface area contributed by atoms with Crippen molar-refractivity contribution in [3.8, 4) is 11.3 Å². The van der Waals surface area contributed by atoms with Gasteiger partial charge in [0.1, 0.15) is 0 Å². The zero-order valence-electron chi connectivity index (χ0n) is 10.4. The van der Waals surface area contributed by atoms with Crippen LogP contribution in [0.15, 0.2) is 24.4 Å². The fraction of sp³-hybridized carbons (Fsp3) is 0.429. The van der Waals surface area contributed by atoms with Crippen LogP contribution in [-0.2, 0) is 6.42 Å². The largest absolute Gasteiger partial charge is 0.382 e. The first kappa shape index (κ1) is 11.3. The first-order valence-electron chi connectivity index (χ1n) is 6.58. The molecule has 2 aromatic rings. The summed E-state index contributed by atoms with van der Waals surface area (Å²) in [6.07, 6.45) is 8.18. The summed E-state index contributed by atoms with van der Waals surface area (Å²) in [4.78, 5) is 4.38. The number of nitrogens with one attached hydrogen (secondary N) is 1. The molecule has 1 saturated carbocycles.